The molecular weight excluding hydrogens is 488 g/mol. The average Bonchev–Trinajstić information content (AvgIpc) is 3.38. The lowest BCUT2D eigenvalue weighted by molar-refractivity contribution is -0.0837. The van der Waals surface area contributed by atoms with Crippen LogP contribution in [0.1, 0.15) is 48.9 Å². The molecule has 8 nitrogen and oxygen atoms in total. The molecule has 9 heteroatoms. The van der Waals surface area contributed by atoms with Gasteiger partial charge in [0.05, 0.1) is 55.3 Å². The minimum absolute atomic E-state index is 0.000378. The number of likely N-dealkylation sites (N-methyl/N-ethyl adjacent to an activating group) is 1. The molecule has 4 heterocycles. The number of nitrogens with one attached hydrogen (secondary N) is 1. The second-order valence-corrected chi connectivity index (χ2v) is 11.4. The molecule has 1 atom stereocenters. The standard InChI is InChI=1S/C28H40N4O4S/c1-31(19-22-20-35-16-17-36-22)26-23(8-9-24(30-26)25-7-6-18-37-25)27(33)29-21-28(10-4-2-3-5-11-28)32-12-14-34-15-13-32/h6-9,18,22H,2-5,10-17,19-21H2,1H3,(H,29,33). The highest BCUT2D eigenvalue weighted by molar-refractivity contribution is 7.13. The van der Waals surface area contributed by atoms with Crippen molar-refractivity contribution in [2.75, 3.05) is 71.2 Å². The number of morpholine rings is 1. The zero-order chi connectivity index (χ0) is 25.5. The minimum Gasteiger partial charge on any atom is -0.379 e. The first-order valence-corrected chi connectivity index (χ1v) is 14.6. The van der Waals surface area contributed by atoms with Crippen LogP contribution in [0.3, 0.4) is 0 Å². The summed E-state index contributed by atoms with van der Waals surface area (Å²) < 4.78 is 17.1. The Morgan fingerprint density at radius 1 is 1.11 bits per heavy atom. The molecule has 2 aromatic heterocycles. The molecule has 37 heavy (non-hydrogen) atoms. The predicted molar refractivity (Wildman–Crippen MR) is 147 cm³/mol. The van der Waals surface area contributed by atoms with Crippen molar-refractivity contribution in [3.8, 4) is 10.6 Å². The highest BCUT2D eigenvalue weighted by Crippen LogP contribution is 2.33. The zero-order valence-electron chi connectivity index (χ0n) is 22.0. The summed E-state index contributed by atoms with van der Waals surface area (Å²) in [6.07, 6.45) is 7.16. The van der Waals surface area contributed by atoms with Crippen molar-refractivity contribution in [2.24, 2.45) is 0 Å². The molecule has 1 aliphatic carbocycles. The first kappa shape index (κ1) is 26.6. The first-order valence-electron chi connectivity index (χ1n) is 13.7. The third-order valence-electron chi connectivity index (χ3n) is 7.91. The van der Waals surface area contributed by atoms with Crippen molar-refractivity contribution < 1.29 is 19.0 Å². The summed E-state index contributed by atoms with van der Waals surface area (Å²) >= 11 is 1.65. The Bertz CT molecular complexity index is 998. The van der Waals surface area contributed by atoms with E-state index in [1.807, 2.05) is 35.5 Å². The molecule has 5 rings (SSSR count). The fraction of sp³-hybridized carbons (Fsp3) is 0.643. The largest absolute Gasteiger partial charge is 0.379 e. The fourth-order valence-corrected chi connectivity index (χ4v) is 6.58. The van der Waals surface area contributed by atoms with Crippen molar-refractivity contribution in [3.05, 3.63) is 35.2 Å². The highest BCUT2D eigenvalue weighted by Gasteiger charge is 2.38. The number of anilines is 1. The number of aromatic nitrogens is 1. The summed E-state index contributed by atoms with van der Waals surface area (Å²) in [7, 11) is 1.98. The third kappa shape index (κ3) is 6.52. The van der Waals surface area contributed by atoms with Gasteiger partial charge in [-0.25, -0.2) is 4.98 Å². The average molecular weight is 529 g/mol. The van der Waals surface area contributed by atoms with Crippen LogP contribution in [-0.4, -0.2) is 93.7 Å². The summed E-state index contributed by atoms with van der Waals surface area (Å²) in [6.45, 7) is 6.45. The second-order valence-electron chi connectivity index (χ2n) is 10.4. The minimum atomic E-state index is -0.0650. The highest BCUT2D eigenvalue weighted by atomic mass is 32.1. The number of rotatable bonds is 8. The van der Waals surface area contributed by atoms with Gasteiger partial charge < -0.3 is 24.4 Å². The van der Waals surface area contributed by atoms with Crippen LogP contribution >= 0.6 is 11.3 Å². The Kier molecular flexibility index (Phi) is 9.10. The predicted octanol–water partition coefficient (Wildman–Crippen LogP) is 3.82. The van der Waals surface area contributed by atoms with Crippen molar-refractivity contribution >= 4 is 23.1 Å². The Hall–Kier alpha value is -2.04. The second kappa shape index (κ2) is 12.7. The fourth-order valence-electron chi connectivity index (χ4n) is 5.88. The maximum Gasteiger partial charge on any atom is 0.255 e. The van der Waals surface area contributed by atoms with E-state index in [-0.39, 0.29) is 17.6 Å². The van der Waals surface area contributed by atoms with E-state index in [0.29, 0.717) is 44.3 Å². The van der Waals surface area contributed by atoms with Gasteiger partial charge in [-0.1, -0.05) is 31.7 Å². The molecule has 1 N–H and O–H groups in total. The normalized spacial score (nSPS) is 22.8. The smallest absolute Gasteiger partial charge is 0.255 e. The maximum absolute atomic E-state index is 13.7. The molecule has 0 radical (unpaired) electrons. The number of amides is 1. The summed E-state index contributed by atoms with van der Waals surface area (Å²) in [4.78, 5) is 24.4. The number of hydrogen-bond acceptors (Lipinski definition) is 8. The van der Waals surface area contributed by atoms with Gasteiger partial charge in [-0.2, -0.15) is 0 Å². The summed E-state index contributed by atoms with van der Waals surface area (Å²) in [5.74, 6) is 0.614. The molecule has 202 valence electrons. The van der Waals surface area contributed by atoms with Gasteiger partial charge in [0.25, 0.3) is 5.91 Å². The number of carbonyl (C=O) groups excluding carboxylic acids is 1. The number of hydrogen-bond donors (Lipinski definition) is 1. The van der Waals surface area contributed by atoms with Crippen molar-refractivity contribution in [1.29, 1.82) is 0 Å². The lowest BCUT2D eigenvalue weighted by atomic mass is 9.87. The van der Waals surface area contributed by atoms with Crippen molar-refractivity contribution in [1.82, 2.24) is 15.2 Å². The monoisotopic (exact) mass is 528 g/mol. The molecule has 2 saturated heterocycles. The molecule has 2 aromatic rings. The molecule has 0 aromatic carbocycles. The lowest BCUT2D eigenvalue weighted by Gasteiger charge is -2.45. The summed E-state index contributed by atoms with van der Waals surface area (Å²) in [5, 5.41) is 5.39. The first-order chi connectivity index (χ1) is 18.1. The van der Waals surface area contributed by atoms with Gasteiger partial charge in [-0.05, 0) is 36.4 Å². The SMILES string of the molecule is CN(CC1COCCO1)c1nc(-c2cccs2)ccc1C(=O)NCC1(N2CCOCC2)CCCCCC1. The van der Waals surface area contributed by atoms with Gasteiger partial charge in [0, 0.05) is 38.8 Å². The van der Waals surface area contributed by atoms with Gasteiger partial charge in [0.15, 0.2) is 0 Å². The molecule has 3 aliphatic rings. The number of ether oxygens (including phenoxy) is 3. The van der Waals surface area contributed by atoms with E-state index in [0.717, 1.165) is 49.7 Å². The molecule has 1 unspecified atom stereocenters. The Balaban J connectivity index is 1.36. The number of thiophene rings is 1. The quantitative estimate of drug-likeness (QED) is 0.522. The van der Waals surface area contributed by atoms with Gasteiger partial charge >= 0.3 is 0 Å². The van der Waals surface area contributed by atoms with Gasteiger partial charge in [-0.15, -0.1) is 11.3 Å². The van der Waals surface area contributed by atoms with Crippen LogP contribution < -0.4 is 10.2 Å². The van der Waals surface area contributed by atoms with E-state index in [2.05, 4.69) is 16.3 Å². The molecule has 1 amide bonds. The summed E-state index contributed by atoms with van der Waals surface area (Å²) in [5.41, 5.74) is 1.48. The molecule has 2 aliphatic heterocycles. The van der Waals surface area contributed by atoms with E-state index in [4.69, 9.17) is 19.2 Å². The van der Waals surface area contributed by atoms with E-state index in [1.165, 1.54) is 25.7 Å². The Morgan fingerprint density at radius 3 is 2.62 bits per heavy atom. The van der Waals surface area contributed by atoms with Gasteiger partial charge in [0.2, 0.25) is 0 Å². The van der Waals surface area contributed by atoms with Crippen LogP contribution in [0, 0.1) is 0 Å². The van der Waals surface area contributed by atoms with Crippen LogP contribution in [0.4, 0.5) is 5.82 Å². The molecule has 0 bridgehead atoms. The van der Waals surface area contributed by atoms with Crippen LogP contribution in [0.25, 0.3) is 10.6 Å². The molecule has 1 saturated carbocycles. The molecule has 3 fully saturated rings. The van der Waals surface area contributed by atoms with E-state index < -0.39 is 0 Å². The Morgan fingerprint density at radius 2 is 1.92 bits per heavy atom. The molecular formula is C28H40N4O4S. The number of pyridine rings is 1. The van der Waals surface area contributed by atoms with Crippen LogP contribution in [-0.2, 0) is 14.2 Å². The van der Waals surface area contributed by atoms with Crippen LogP contribution in [0.5, 0.6) is 0 Å². The zero-order valence-corrected chi connectivity index (χ0v) is 22.8. The summed E-state index contributed by atoms with van der Waals surface area (Å²) in [6, 6.07) is 7.97. The van der Waals surface area contributed by atoms with Crippen molar-refractivity contribution in [3.63, 3.8) is 0 Å². The van der Waals surface area contributed by atoms with Gasteiger partial charge in [-0.3, -0.25) is 9.69 Å². The van der Waals surface area contributed by atoms with E-state index in [1.54, 1.807) is 11.3 Å². The van der Waals surface area contributed by atoms with Crippen LogP contribution in [0.15, 0.2) is 29.6 Å². The van der Waals surface area contributed by atoms with E-state index >= 15 is 0 Å². The lowest BCUT2D eigenvalue weighted by Crippen LogP contribution is -2.58. The van der Waals surface area contributed by atoms with Crippen molar-refractivity contribution in [2.45, 2.75) is 50.2 Å². The number of nitrogens with zero attached hydrogens (tertiary/aromatic N) is 3. The number of carbonyl (C=O) groups is 1. The van der Waals surface area contributed by atoms with Gasteiger partial charge in [0.1, 0.15) is 5.82 Å². The van der Waals surface area contributed by atoms with E-state index in [9.17, 15) is 4.79 Å². The molecule has 0 spiro atoms. The topological polar surface area (TPSA) is 76.2 Å². The van der Waals surface area contributed by atoms with Crippen LogP contribution in [0.2, 0.25) is 0 Å². The Labute approximate surface area is 224 Å². The third-order valence-corrected chi connectivity index (χ3v) is 8.80. The maximum atomic E-state index is 13.7.